The van der Waals surface area contributed by atoms with Gasteiger partial charge in [0.15, 0.2) is 0 Å². The highest BCUT2D eigenvalue weighted by molar-refractivity contribution is 7.93. The summed E-state index contributed by atoms with van der Waals surface area (Å²) in [5.74, 6) is 2.37. The van der Waals surface area contributed by atoms with Gasteiger partial charge in [-0.25, -0.2) is 16.8 Å². The highest BCUT2D eigenvalue weighted by atomic mass is 32.2. The number of pyridine rings is 1. The lowest BCUT2D eigenvalue weighted by Crippen LogP contribution is -2.34. The Bertz CT molecular complexity index is 2540. The van der Waals surface area contributed by atoms with Gasteiger partial charge in [-0.3, -0.25) is 13.6 Å². The van der Waals surface area contributed by atoms with Gasteiger partial charge in [-0.05, 0) is 124 Å². The van der Waals surface area contributed by atoms with E-state index >= 15 is 0 Å². The number of ether oxygens (including phenoxy) is 2. The molecule has 0 saturated carbocycles. The Hall–Kier alpha value is -5.66. The molecule has 0 atom stereocenters. The number of rotatable bonds is 16. The monoisotopic (exact) mass is 852 g/mol. The van der Waals surface area contributed by atoms with Gasteiger partial charge in [-0.2, -0.15) is 0 Å². The Morgan fingerprint density at radius 2 is 1.02 bits per heavy atom. The molecular formula is C47H56N4O7S2. The van der Waals surface area contributed by atoms with Crippen LogP contribution in [0.15, 0.2) is 130 Å². The Kier molecular flexibility index (Phi) is 15.2. The van der Waals surface area contributed by atoms with Gasteiger partial charge in [-0.15, -0.1) is 0 Å². The molecule has 0 amide bonds. The zero-order valence-electron chi connectivity index (χ0n) is 35.9. The van der Waals surface area contributed by atoms with E-state index in [0.717, 1.165) is 39.3 Å². The van der Waals surface area contributed by atoms with Crippen LogP contribution in [0, 0.1) is 46.5 Å². The molecule has 0 spiro atoms. The third-order valence-corrected chi connectivity index (χ3v) is 12.9. The maximum Gasteiger partial charge on any atom is 0.264 e. The molecule has 2 aromatic heterocycles. The molecule has 0 radical (unpaired) electrons. The van der Waals surface area contributed by atoms with Gasteiger partial charge in [0, 0.05) is 31.5 Å². The smallest absolute Gasteiger partial charge is 0.264 e. The molecule has 318 valence electrons. The van der Waals surface area contributed by atoms with Crippen LogP contribution in [0.4, 0.5) is 11.4 Å². The lowest BCUT2D eigenvalue weighted by atomic mass is 10.1. The number of aryl methyl sites for hydroxylation is 5. The summed E-state index contributed by atoms with van der Waals surface area (Å²) in [7, 11) is -7.40. The molecule has 2 heterocycles. The molecule has 0 bridgehead atoms. The SMILES string of the molecule is Cc1ccc(N(CC(C)C)S(=O)(=O)c2ccc(COc3ccncc3)cc2)c(C)c1.Cc1ccc(N(CC(C)C)S(=O)(=O)c2ccc(OCc3cc(C)on3)cc2)c(C)c1. The minimum Gasteiger partial charge on any atom is -0.489 e. The van der Waals surface area contributed by atoms with Crippen molar-refractivity contribution in [2.45, 2.75) is 85.3 Å². The van der Waals surface area contributed by atoms with E-state index in [1.54, 1.807) is 79.1 Å². The first-order valence-corrected chi connectivity index (χ1v) is 22.8. The Morgan fingerprint density at radius 1 is 0.567 bits per heavy atom. The van der Waals surface area contributed by atoms with Gasteiger partial charge in [0.2, 0.25) is 0 Å². The minimum absolute atomic E-state index is 0.175. The zero-order chi connectivity index (χ0) is 43.6. The van der Waals surface area contributed by atoms with E-state index in [1.165, 1.54) is 8.61 Å². The van der Waals surface area contributed by atoms with Crippen LogP contribution in [0.1, 0.15) is 67.0 Å². The second-order valence-electron chi connectivity index (χ2n) is 15.7. The molecule has 13 heteroatoms. The Labute approximate surface area is 356 Å². The van der Waals surface area contributed by atoms with Gasteiger partial charge < -0.3 is 14.0 Å². The summed E-state index contributed by atoms with van der Waals surface area (Å²) in [6, 6.07) is 30.4. The van der Waals surface area contributed by atoms with Crippen LogP contribution in [0.3, 0.4) is 0 Å². The van der Waals surface area contributed by atoms with Gasteiger partial charge in [0.05, 0.1) is 21.2 Å². The molecule has 0 fully saturated rings. The summed E-state index contributed by atoms with van der Waals surface area (Å²) in [5.41, 5.74) is 7.09. The van der Waals surface area contributed by atoms with Crippen LogP contribution in [0.5, 0.6) is 11.5 Å². The number of aromatic nitrogens is 2. The number of hydrogen-bond acceptors (Lipinski definition) is 9. The van der Waals surface area contributed by atoms with Crippen LogP contribution in [0.2, 0.25) is 0 Å². The molecule has 6 aromatic rings. The summed E-state index contributed by atoms with van der Waals surface area (Å²) in [6.45, 7) is 19.2. The molecule has 0 aliphatic rings. The zero-order valence-corrected chi connectivity index (χ0v) is 37.5. The highest BCUT2D eigenvalue weighted by Crippen LogP contribution is 2.31. The predicted octanol–water partition coefficient (Wildman–Crippen LogP) is 10.2. The molecule has 11 nitrogen and oxygen atoms in total. The standard InChI is InChI=1S/C24H28N2O3S.C23H28N2O4S/c1-18(2)16-26(24-10-5-19(3)15-20(24)4)30(27,28)23-8-6-21(7-9-23)17-29-22-11-13-25-14-12-22;1-16(2)14-25(23-11-6-17(3)12-18(23)4)30(26,27)22-9-7-21(8-10-22)28-15-20-13-19(5)29-24-20/h5-15,18H,16-17H2,1-4H3;6-13,16H,14-15H2,1-5H3. The van der Waals surface area contributed by atoms with E-state index in [4.69, 9.17) is 14.0 Å². The first kappa shape index (κ1) is 45.4. The molecule has 6 rings (SSSR count). The third kappa shape index (κ3) is 12.0. The van der Waals surface area contributed by atoms with E-state index in [9.17, 15) is 16.8 Å². The molecule has 60 heavy (non-hydrogen) atoms. The van der Waals surface area contributed by atoms with Crippen LogP contribution < -0.4 is 18.1 Å². The van der Waals surface area contributed by atoms with Crippen LogP contribution >= 0.6 is 0 Å². The van der Waals surface area contributed by atoms with Crippen molar-refractivity contribution >= 4 is 31.4 Å². The molecule has 0 saturated heterocycles. The van der Waals surface area contributed by atoms with E-state index in [1.807, 2.05) is 98.7 Å². The lowest BCUT2D eigenvalue weighted by Gasteiger charge is -2.28. The van der Waals surface area contributed by atoms with E-state index in [-0.39, 0.29) is 28.2 Å². The number of anilines is 2. The fraction of sp³-hybridized carbons (Fsp3) is 0.319. The van der Waals surface area contributed by atoms with Crippen LogP contribution in [-0.2, 0) is 33.3 Å². The topological polar surface area (TPSA) is 132 Å². The fourth-order valence-corrected chi connectivity index (χ4v) is 9.84. The van der Waals surface area contributed by atoms with Crippen molar-refractivity contribution in [3.05, 3.63) is 155 Å². The number of benzene rings is 4. The molecular weight excluding hydrogens is 797 g/mol. The Balaban J connectivity index is 0.000000228. The number of nitrogens with zero attached hydrogens (tertiary/aromatic N) is 4. The molecule has 0 unspecified atom stereocenters. The van der Waals surface area contributed by atoms with E-state index in [0.29, 0.717) is 42.6 Å². The lowest BCUT2D eigenvalue weighted by molar-refractivity contribution is 0.287. The summed E-state index contributed by atoms with van der Waals surface area (Å²) in [5, 5.41) is 3.88. The summed E-state index contributed by atoms with van der Waals surface area (Å²) >= 11 is 0. The number of sulfonamides is 2. The van der Waals surface area contributed by atoms with Crippen LogP contribution in [-0.4, -0.2) is 40.1 Å². The number of hydrogen-bond donors (Lipinski definition) is 0. The first-order valence-electron chi connectivity index (χ1n) is 19.9. The Morgan fingerprint density at radius 3 is 1.45 bits per heavy atom. The maximum atomic E-state index is 13.5. The summed E-state index contributed by atoms with van der Waals surface area (Å²) in [6.07, 6.45) is 3.34. The normalized spacial score (nSPS) is 11.6. The van der Waals surface area contributed by atoms with Crippen molar-refractivity contribution in [2.75, 3.05) is 21.7 Å². The maximum absolute atomic E-state index is 13.5. The predicted molar refractivity (Wildman–Crippen MR) is 238 cm³/mol. The van der Waals surface area contributed by atoms with Crippen LogP contribution in [0.25, 0.3) is 0 Å². The molecule has 4 aromatic carbocycles. The second-order valence-corrected chi connectivity index (χ2v) is 19.5. The second kappa shape index (κ2) is 20.1. The van der Waals surface area contributed by atoms with Crippen molar-refractivity contribution in [1.29, 1.82) is 0 Å². The average Bonchev–Trinajstić information content (AvgIpc) is 3.63. The van der Waals surface area contributed by atoms with Crippen molar-refractivity contribution < 1.29 is 30.8 Å². The van der Waals surface area contributed by atoms with Crippen molar-refractivity contribution in [2.24, 2.45) is 11.8 Å². The molecule has 0 aliphatic carbocycles. The first-order chi connectivity index (χ1) is 28.4. The quantitative estimate of drug-likeness (QED) is 0.0933. The molecule has 0 aliphatic heterocycles. The van der Waals surface area contributed by atoms with Gasteiger partial charge >= 0.3 is 0 Å². The average molecular weight is 853 g/mol. The van der Waals surface area contributed by atoms with Gasteiger partial charge in [-0.1, -0.05) is 80.4 Å². The van der Waals surface area contributed by atoms with Gasteiger partial charge in [0.25, 0.3) is 20.0 Å². The van der Waals surface area contributed by atoms with Crippen molar-refractivity contribution in [3.63, 3.8) is 0 Å². The summed E-state index contributed by atoms with van der Waals surface area (Å²) in [4.78, 5) is 4.46. The third-order valence-electron chi connectivity index (χ3n) is 9.35. The minimum atomic E-state index is -3.71. The van der Waals surface area contributed by atoms with Crippen molar-refractivity contribution in [1.82, 2.24) is 10.1 Å². The fourth-order valence-electron chi connectivity index (χ4n) is 6.45. The van der Waals surface area contributed by atoms with E-state index in [2.05, 4.69) is 10.1 Å². The van der Waals surface area contributed by atoms with Crippen molar-refractivity contribution in [3.8, 4) is 11.5 Å². The largest absolute Gasteiger partial charge is 0.489 e. The van der Waals surface area contributed by atoms with E-state index < -0.39 is 20.0 Å². The molecule has 0 N–H and O–H groups in total. The van der Waals surface area contributed by atoms with Gasteiger partial charge in [0.1, 0.15) is 36.2 Å². The summed E-state index contributed by atoms with van der Waals surface area (Å²) < 4.78 is 73.3. The highest BCUT2D eigenvalue weighted by Gasteiger charge is 2.28.